The Morgan fingerprint density at radius 3 is 1.74 bits per heavy atom. The van der Waals surface area contributed by atoms with Gasteiger partial charge in [-0.2, -0.15) is 0 Å². The number of allylic oxidation sites excluding steroid dienone is 8. The van der Waals surface area contributed by atoms with Gasteiger partial charge in [-0.1, -0.05) is 214 Å². The minimum absolute atomic E-state index is 0.00132. The molecule has 65 heavy (non-hydrogen) atoms. The number of rotatable bonds is 7. The summed E-state index contributed by atoms with van der Waals surface area (Å²) in [5.41, 5.74) is 20.4. The standard InChI is InChI=1S/C64H51N/c1-63(2)58-27-11-13-29-60(58)64(61-30-14-12-28-59(61)63)57-26-10-9-25-55(57)56-40-35-51(43-62(56)64)50-22-16-21-49(42-50)48-20-15-19-47(41-48)46-33-38-54(39-34-46)65(52-23-7-4-8-24-52)53-36-31-45(32-37-53)44-17-5-3-6-18-44/h3-19,21-43,48,58,60H,20H2,1-2H3/t48?,58-,60?,64?/m0/s1. The van der Waals surface area contributed by atoms with Gasteiger partial charge >= 0.3 is 0 Å². The summed E-state index contributed by atoms with van der Waals surface area (Å²) < 4.78 is 0. The van der Waals surface area contributed by atoms with E-state index in [-0.39, 0.29) is 16.7 Å². The van der Waals surface area contributed by atoms with Crippen LogP contribution in [0.2, 0.25) is 0 Å². The predicted octanol–water partition coefficient (Wildman–Crippen LogP) is 16.6. The molecule has 1 spiro atoms. The summed E-state index contributed by atoms with van der Waals surface area (Å²) in [5.74, 6) is 0.933. The van der Waals surface area contributed by atoms with Crippen LogP contribution in [0, 0.1) is 11.8 Å². The fraction of sp³-hybridized carbons (Fsp3) is 0.125. The van der Waals surface area contributed by atoms with E-state index in [1.165, 1.54) is 72.3 Å². The first-order valence-electron chi connectivity index (χ1n) is 23.3. The summed E-state index contributed by atoms with van der Waals surface area (Å²) in [7, 11) is 0. The van der Waals surface area contributed by atoms with Gasteiger partial charge in [0, 0.05) is 28.9 Å². The molecule has 0 aliphatic heterocycles. The topological polar surface area (TPSA) is 3.24 Å². The Hall–Kier alpha value is -7.48. The Balaban J connectivity index is 0.876. The highest BCUT2D eigenvalue weighted by Gasteiger charge is 2.58. The molecular weight excluding hydrogens is 783 g/mol. The van der Waals surface area contributed by atoms with E-state index in [0.29, 0.717) is 11.8 Å². The summed E-state index contributed by atoms with van der Waals surface area (Å²) in [4.78, 5) is 2.34. The third-order valence-electron chi connectivity index (χ3n) is 15.0. The third kappa shape index (κ3) is 6.36. The van der Waals surface area contributed by atoms with Crippen LogP contribution in [0.1, 0.15) is 59.6 Å². The molecule has 0 N–H and O–H groups in total. The Morgan fingerprint density at radius 1 is 0.431 bits per heavy atom. The highest BCUT2D eigenvalue weighted by Crippen LogP contribution is 2.65. The molecule has 3 unspecified atom stereocenters. The molecule has 8 aromatic rings. The van der Waals surface area contributed by atoms with Crippen LogP contribution in [0.5, 0.6) is 0 Å². The molecule has 4 atom stereocenters. The highest BCUT2D eigenvalue weighted by atomic mass is 15.1. The van der Waals surface area contributed by atoms with Gasteiger partial charge < -0.3 is 4.90 Å². The lowest BCUT2D eigenvalue weighted by molar-refractivity contribution is 0.219. The molecule has 4 aliphatic rings. The van der Waals surface area contributed by atoms with Crippen molar-refractivity contribution in [1.82, 2.24) is 0 Å². The smallest absolute Gasteiger partial charge is 0.0535 e. The van der Waals surface area contributed by atoms with Crippen molar-refractivity contribution in [1.29, 1.82) is 0 Å². The van der Waals surface area contributed by atoms with Crippen LogP contribution in [0.4, 0.5) is 17.1 Å². The van der Waals surface area contributed by atoms with E-state index < -0.39 is 0 Å². The van der Waals surface area contributed by atoms with Crippen molar-refractivity contribution < 1.29 is 0 Å². The van der Waals surface area contributed by atoms with Crippen LogP contribution in [0.3, 0.4) is 0 Å². The zero-order valence-corrected chi connectivity index (χ0v) is 37.0. The van der Waals surface area contributed by atoms with Crippen LogP contribution >= 0.6 is 0 Å². The van der Waals surface area contributed by atoms with E-state index in [0.717, 1.165) is 23.5 Å². The fourth-order valence-electron chi connectivity index (χ4n) is 11.9. The third-order valence-corrected chi connectivity index (χ3v) is 15.0. The second kappa shape index (κ2) is 15.6. The Bertz CT molecular complexity index is 3200. The Labute approximate surface area is 384 Å². The van der Waals surface area contributed by atoms with E-state index in [9.17, 15) is 0 Å². The molecule has 1 nitrogen and oxygen atoms in total. The Kier molecular flexibility index (Phi) is 9.42. The van der Waals surface area contributed by atoms with Gasteiger partial charge in [0.15, 0.2) is 0 Å². The van der Waals surface area contributed by atoms with Gasteiger partial charge in [-0.05, 0) is 133 Å². The average Bonchev–Trinajstić information content (AvgIpc) is 3.67. The van der Waals surface area contributed by atoms with Crippen molar-refractivity contribution in [3.05, 3.63) is 276 Å². The van der Waals surface area contributed by atoms with Crippen LogP contribution in [-0.4, -0.2) is 0 Å². The normalized spacial score (nSPS) is 20.6. The van der Waals surface area contributed by atoms with E-state index in [1.54, 1.807) is 0 Å². The quantitative estimate of drug-likeness (QED) is 0.155. The first-order valence-corrected chi connectivity index (χ1v) is 23.3. The molecule has 0 aromatic heterocycles. The monoisotopic (exact) mass is 833 g/mol. The van der Waals surface area contributed by atoms with Gasteiger partial charge in [-0.3, -0.25) is 0 Å². The molecule has 1 heteroatoms. The number of hydrogen-bond acceptors (Lipinski definition) is 1. The predicted molar refractivity (Wildman–Crippen MR) is 273 cm³/mol. The number of fused-ring (bicyclic) bond motifs is 9. The fourth-order valence-corrected chi connectivity index (χ4v) is 11.9. The van der Waals surface area contributed by atoms with Crippen molar-refractivity contribution in [2.75, 3.05) is 4.90 Å². The van der Waals surface area contributed by atoms with Crippen molar-refractivity contribution in [3.63, 3.8) is 0 Å². The lowest BCUT2D eigenvalue weighted by Gasteiger charge is -2.54. The van der Waals surface area contributed by atoms with Crippen LogP contribution < -0.4 is 4.90 Å². The summed E-state index contributed by atoms with van der Waals surface area (Å²) >= 11 is 0. The molecule has 0 bridgehead atoms. The van der Waals surface area contributed by atoms with Crippen LogP contribution in [0.25, 0.3) is 39.0 Å². The number of anilines is 3. The maximum absolute atomic E-state index is 2.55. The minimum atomic E-state index is -0.288. The van der Waals surface area contributed by atoms with Gasteiger partial charge in [0.2, 0.25) is 0 Å². The van der Waals surface area contributed by atoms with Crippen molar-refractivity contribution in [2.24, 2.45) is 11.8 Å². The SMILES string of the molecule is CC1(C)c2ccccc2C2(c3ccccc3-c3ccc(-c4cccc(C5C=C(c6ccc(N(c7ccccc7)c7ccc(-c8ccccc8)cc7)cc6)C=CC5)c4)cc32)C2C=CC=C[C@@H]21. The summed E-state index contributed by atoms with van der Waals surface area (Å²) in [6, 6.07) is 74.4. The molecule has 8 aromatic carbocycles. The molecule has 0 radical (unpaired) electrons. The maximum Gasteiger partial charge on any atom is 0.0535 e. The van der Waals surface area contributed by atoms with Gasteiger partial charge in [-0.25, -0.2) is 0 Å². The van der Waals surface area contributed by atoms with Gasteiger partial charge in [-0.15, -0.1) is 0 Å². The van der Waals surface area contributed by atoms with Gasteiger partial charge in [0.1, 0.15) is 0 Å². The van der Waals surface area contributed by atoms with Crippen LogP contribution in [0.15, 0.2) is 243 Å². The van der Waals surface area contributed by atoms with E-state index >= 15 is 0 Å². The average molecular weight is 834 g/mol. The number of nitrogens with zero attached hydrogens (tertiary/aromatic N) is 1. The van der Waals surface area contributed by atoms with E-state index in [4.69, 9.17) is 0 Å². The molecule has 0 fully saturated rings. The van der Waals surface area contributed by atoms with Crippen LogP contribution in [-0.2, 0) is 10.8 Å². The maximum atomic E-state index is 2.55. The van der Waals surface area contributed by atoms with Crippen molar-refractivity contribution in [2.45, 2.75) is 37.0 Å². The van der Waals surface area contributed by atoms with Crippen molar-refractivity contribution >= 4 is 22.6 Å². The zero-order valence-electron chi connectivity index (χ0n) is 37.0. The van der Waals surface area contributed by atoms with Gasteiger partial charge in [0.25, 0.3) is 0 Å². The van der Waals surface area contributed by atoms with E-state index in [2.05, 4.69) is 261 Å². The number of benzene rings is 8. The largest absolute Gasteiger partial charge is 0.311 e. The molecule has 4 aliphatic carbocycles. The molecule has 0 amide bonds. The second-order valence-electron chi connectivity index (χ2n) is 18.8. The molecule has 0 heterocycles. The molecule has 0 saturated heterocycles. The molecular formula is C64H51N. The summed E-state index contributed by atoms with van der Waals surface area (Å²) in [5, 5.41) is 0. The lowest BCUT2D eigenvalue weighted by Crippen LogP contribution is -2.51. The molecule has 12 rings (SSSR count). The molecule has 0 saturated carbocycles. The summed E-state index contributed by atoms with van der Waals surface area (Å²) in [6.45, 7) is 4.90. The molecule has 312 valence electrons. The van der Waals surface area contributed by atoms with Gasteiger partial charge in [0.05, 0.1) is 5.41 Å². The van der Waals surface area contributed by atoms with Crippen molar-refractivity contribution in [3.8, 4) is 33.4 Å². The highest BCUT2D eigenvalue weighted by molar-refractivity contribution is 5.88. The lowest BCUT2D eigenvalue weighted by atomic mass is 9.48. The first kappa shape index (κ1) is 39.1. The first-order chi connectivity index (χ1) is 32.0. The minimum Gasteiger partial charge on any atom is -0.311 e. The Morgan fingerprint density at radius 2 is 0.985 bits per heavy atom. The zero-order chi connectivity index (χ0) is 43.5. The van der Waals surface area contributed by atoms with E-state index in [1.807, 2.05) is 0 Å². The second-order valence-corrected chi connectivity index (χ2v) is 18.8. The number of hydrogen-bond donors (Lipinski definition) is 0. The number of para-hydroxylation sites is 1. The summed E-state index contributed by atoms with van der Waals surface area (Å²) in [6.07, 6.45) is 17.7.